The molecule has 0 radical (unpaired) electrons. The van der Waals surface area contributed by atoms with Crippen LogP contribution in [0.1, 0.15) is 44.6 Å². The maximum Gasteiger partial charge on any atom is 0.427 e. The Bertz CT molecular complexity index is 829. The molecule has 4 nitrogen and oxygen atoms in total. The molecule has 2 aromatic carbocycles. The minimum absolute atomic E-state index is 0.394. The van der Waals surface area contributed by atoms with Gasteiger partial charge in [-0.15, -0.1) is 0 Å². The minimum atomic E-state index is -0.394. The molecule has 0 bridgehead atoms. The SMILES string of the molecule is CCCCCCCc1ccc(-c2ccc(-[n+]3cc(=O)o[nH]3)cc2)cc1. The molecule has 0 amide bonds. The van der Waals surface area contributed by atoms with Crippen molar-refractivity contribution < 1.29 is 9.20 Å². The Hall–Kier alpha value is -2.62. The molecule has 1 aromatic heterocycles. The summed E-state index contributed by atoms with van der Waals surface area (Å²) in [6.45, 7) is 2.25. The number of rotatable bonds is 8. The molecule has 0 spiro atoms. The average Bonchev–Trinajstić information content (AvgIpc) is 3.09. The lowest BCUT2D eigenvalue weighted by molar-refractivity contribution is -0.670. The molecule has 0 aliphatic rings. The van der Waals surface area contributed by atoms with Gasteiger partial charge < -0.3 is 0 Å². The van der Waals surface area contributed by atoms with Gasteiger partial charge in [0.15, 0.2) is 0 Å². The fourth-order valence-corrected chi connectivity index (χ4v) is 2.99. The molecule has 0 saturated heterocycles. The van der Waals surface area contributed by atoms with Crippen molar-refractivity contribution in [2.75, 3.05) is 0 Å². The maximum absolute atomic E-state index is 11.1. The molecule has 25 heavy (non-hydrogen) atoms. The summed E-state index contributed by atoms with van der Waals surface area (Å²) in [6, 6.07) is 16.8. The molecule has 0 fully saturated rings. The summed E-state index contributed by atoms with van der Waals surface area (Å²) >= 11 is 0. The quantitative estimate of drug-likeness (QED) is 0.488. The molecule has 0 aliphatic heterocycles. The van der Waals surface area contributed by atoms with E-state index in [0.717, 1.165) is 17.7 Å². The first-order valence-corrected chi connectivity index (χ1v) is 9.06. The molecular weight excluding hydrogens is 312 g/mol. The largest absolute Gasteiger partial charge is 0.427 e. The highest BCUT2D eigenvalue weighted by Crippen LogP contribution is 2.21. The minimum Gasteiger partial charge on any atom is -0.283 e. The van der Waals surface area contributed by atoms with Crippen LogP contribution in [0.2, 0.25) is 0 Å². The van der Waals surface area contributed by atoms with E-state index >= 15 is 0 Å². The Kier molecular flexibility index (Phi) is 5.83. The zero-order chi connectivity index (χ0) is 17.5. The molecular formula is C21H25N2O2+. The summed E-state index contributed by atoms with van der Waals surface area (Å²) in [6.07, 6.45) is 9.13. The monoisotopic (exact) mass is 337 g/mol. The Morgan fingerprint density at radius 1 is 0.880 bits per heavy atom. The van der Waals surface area contributed by atoms with Crippen LogP contribution in [0.15, 0.2) is 64.0 Å². The number of benzene rings is 2. The second-order valence-corrected chi connectivity index (χ2v) is 6.42. The van der Waals surface area contributed by atoms with Gasteiger partial charge in [-0.25, -0.2) is 4.79 Å². The van der Waals surface area contributed by atoms with Crippen LogP contribution >= 0.6 is 0 Å². The Labute approximate surface area is 148 Å². The molecule has 0 atom stereocenters. The first-order chi connectivity index (χ1) is 12.3. The van der Waals surface area contributed by atoms with Gasteiger partial charge in [-0.05, 0) is 51.6 Å². The molecule has 130 valence electrons. The third kappa shape index (κ3) is 4.69. The number of nitrogens with zero attached hydrogens (tertiary/aromatic N) is 1. The first kappa shape index (κ1) is 17.2. The number of H-pyrrole nitrogens is 1. The maximum atomic E-state index is 11.1. The number of nitrogens with one attached hydrogen (secondary N) is 1. The molecule has 0 aliphatic carbocycles. The predicted octanol–water partition coefficient (Wildman–Crippen LogP) is 4.42. The van der Waals surface area contributed by atoms with Gasteiger partial charge in [0.2, 0.25) is 5.69 Å². The van der Waals surface area contributed by atoms with E-state index in [1.807, 2.05) is 24.3 Å². The first-order valence-electron chi connectivity index (χ1n) is 9.06. The highest BCUT2D eigenvalue weighted by molar-refractivity contribution is 5.64. The van der Waals surface area contributed by atoms with Gasteiger partial charge in [0.1, 0.15) is 0 Å². The average molecular weight is 337 g/mol. The standard InChI is InChI=1S/C21H24N2O2/c1-2-3-4-5-6-7-17-8-10-18(11-9-17)19-12-14-20(15-13-19)23-16-21(24)25-22-23/h8-16H,2-7H2,1H3/p+1. The number of hydrogen-bond donors (Lipinski definition) is 1. The van der Waals surface area contributed by atoms with Gasteiger partial charge in [0.05, 0.1) is 0 Å². The number of aromatic nitrogens is 2. The van der Waals surface area contributed by atoms with E-state index in [9.17, 15) is 4.79 Å². The van der Waals surface area contributed by atoms with Crippen molar-refractivity contribution in [3.8, 4) is 16.8 Å². The Morgan fingerprint density at radius 2 is 1.52 bits per heavy atom. The van der Waals surface area contributed by atoms with Crippen molar-refractivity contribution in [2.24, 2.45) is 0 Å². The zero-order valence-electron chi connectivity index (χ0n) is 14.7. The van der Waals surface area contributed by atoms with E-state index in [1.165, 1.54) is 49.4 Å². The van der Waals surface area contributed by atoms with E-state index in [2.05, 4.69) is 41.0 Å². The van der Waals surface area contributed by atoms with Crippen molar-refractivity contribution in [1.29, 1.82) is 0 Å². The highest BCUT2D eigenvalue weighted by atomic mass is 16.5. The van der Waals surface area contributed by atoms with Crippen molar-refractivity contribution in [3.63, 3.8) is 0 Å². The van der Waals surface area contributed by atoms with Crippen LogP contribution in [0.25, 0.3) is 16.8 Å². The topological polar surface area (TPSA) is 49.9 Å². The molecule has 0 unspecified atom stereocenters. The lowest BCUT2D eigenvalue weighted by Gasteiger charge is -2.05. The van der Waals surface area contributed by atoms with Gasteiger partial charge >= 0.3 is 5.63 Å². The lowest BCUT2D eigenvalue weighted by atomic mass is 10.0. The smallest absolute Gasteiger partial charge is 0.283 e. The third-order valence-electron chi connectivity index (χ3n) is 4.48. The summed E-state index contributed by atoms with van der Waals surface area (Å²) in [5.41, 5.74) is 4.23. The number of aryl methyl sites for hydroxylation is 1. The van der Waals surface area contributed by atoms with E-state index in [1.54, 1.807) is 4.68 Å². The van der Waals surface area contributed by atoms with E-state index in [4.69, 9.17) is 0 Å². The summed E-state index contributed by atoms with van der Waals surface area (Å²) in [4.78, 5) is 11.1. The van der Waals surface area contributed by atoms with E-state index in [0.29, 0.717) is 0 Å². The molecule has 3 aromatic rings. The van der Waals surface area contributed by atoms with Gasteiger partial charge in [-0.1, -0.05) is 56.9 Å². The van der Waals surface area contributed by atoms with Crippen LogP contribution in [-0.2, 0) is 6.42 Å². The third-order valence-corrected chi connectivity index (χ3v) is 4.48. The van der Waals surface area contributed by atoms with E-state index in [-0.39, 0.29) is 0 Å². The van der Waals surface area contributed by atoms with Crippen LogP contribution in [0.3, 0.4) is 0 Å². The van der Waals surface area contributed by atoms with Gasteiger partial charge in [-0.3, -0.25) is 4.52 Å². The normalized spacial score (nSPS) is 10.9. The fourth-order valence-electron chi connectivity index (χ4n) is 2.99. The molecule has 4 heteroatoms. The summed E-state index contributed by atoms with van der Waals surface area (Å²) in [7, 11) is 0. The predicted molar refractivity (Wildman–Crippen MR) is 98.8 cm³/mol. The van der Waals surface area contributed by atoms with Crippen LogP contribution in [-0.4, -0.2) is 5.27 Å². The van der Waals surface area contributed by atoms with Crippen LogP contribution in [0.5, 0.6) is 0 Å². The van der Waals surface area contributed by atoms with Crippen LogP contribution in [0, 0.1) is 0 Å². The van der Waals surface area contributed by atoms with Crippen molar-refractivity contribution in [1.82, 2.24) is 5.27 Å². The molecule has 3 rings (SSSR count). The van der Waals surface area contributed by atoms with E-state index < -0.39 is 5.63 Å². The van der Waals surface area contributed by atoms with Crippen molar-refractivity contribution in [3.05, 3.63) is 70.7 Å². The van der Waals surface area contributed by atoms with Crippen LogP contribution < -0.4 is 10.3 Å². The fraction of sp³-hybridized carbons (Fsp3) is 0.333. The number of aromatic amines is 1. The highest BCUT2D eigenvalue weighted by Gasteiger charge is 2.10. The molecule has 0 saturated carbocycles. The zero-order valence-corrected chi connectivity index (χ0v) is 14.7. The summed E-state index contributed by atoms with van der Waals surface area (Å²) in [5.74, 6) is 0. The summed E-state index contributed by atoms with van der Waals surface area (Å²) in [5, 5.41) is 2.55. The number of unbranched alkanes of at least 4 members (excludes halogenated alkanes) is 4. The van der Waals surface area contributed by atoms with Crippen molar-refractivity contribution in [2.45, 2.75) is 45.4 Å². The van der Waals surface area contributed by atoms with Gasteiger partial charge in [-0.2, -0.15) is 0 Å². The van der Waals surface area contributed by atoms with Crippen molar-refractivity contribution >= 4 is 0 Å². The molecule has 1 heterocycles. The van der Waals surface area contributed by atoms with Crippen LogP contribution in [0.4, 0.5) is 0 Å². The Morgan fingerprint density at radius 3 is 2.12 bits per heavy atom. The second kappa shape index (κ2) is 8.47. The Balaban J connectivity index is 1.61. The second-order valence-electron chi connectivity index (χ2n) is 6.42. The summed E-state index contributed by atoms with van der Waals surface area (Å²) < 4.78 is 6.25. The molecule has 1 N–H and O–H groups in total. The lowest BCUT2D eigenvalue weighted by Crippen LogP contribution is -2.31. The van der Waals surface area contributed by atoms with Gasteiger partial charge in [0, 0.05) is 12.1 Å². The number of hydrogen-bond acceptors (Lipinski definition) is 2. The van der Waals surface area contributed by atoms with Gasteiger partial charge in [0.25, 0.3) is 6.20 Å².